The van der Waals surface area contributed by atoms with E-state index in [0.717, 1.165) is 84.6 Å². The first kappa shape index (κ1) is 47.1. The summed E-state index contributed by atoms with van der Waals surface area (Å²) < 4.78 is 13.4. The van der Waals surface area contributed by atoms with Crippen molar-refractivity contribution >= 4 is 17.1 Å². The second-order valence-corrected chi connectivity index (χ2v) is 22.2. The van der Waals surface area contributed by atoms with Gasteiger partial charge in [-0.15, -0.1) is 0 Å². The van der Waals surface area contributed by atoms with E-state index in [1.165, 1.54) is 66.8 Å². The Morgan fingerprint density at radius 1 is 0.205 bits per heavy atom. The third-order valence-corrected chi connectivity index (χ3v) is 18.0. The monoisotopic (exact) mass is 1060 g/mol. The van der Waals surface area contributed by atoms with E-state index in [1.807, 2.05) is 0 Å². The SMILES string of the molecule is c1ccc(-c2ccc(-c3ccc(N(c4cccc(-c5ccc6c(c5)C5(c7ccccc7Oc7ccccc75)c5ccccc5-6)c4)c4cccc(-c5cccc6c5-c5ccccc5C65c6ccccc6Oc6ccccc65)c4)cc3)cc2)cc1. The van der Waals surface area contributed by atoms with Gasteiger partial charge in [-0.25, -0.2) is 0 Å². The average Bonchev–Trinajstić information content (AvgIpc) is 1.95. The lowest BCUT2D eigenvalue weighted by Crippen LogP contribution is -2.32. The highest BCUT2D eigenvalue weighted by atomic mass is 16.5. The maximum atomic E-state index is 6.70. The molecule has 0 aromatic heterocycles. The van der Waals surface area contributed by atoms with Crippen LogP contribution in [0.15, 0.2) is 309 Å². The zero-order chi connectivity index (χ0) is 54.6. The number of rotatable bonds is 7. The number of hydrogen-bond acceptors (Lipinski definition) is 3. The molecule has 2 heterocycles. The van der Waals surface area contributed by atoms with E-state index in [0.29, 0.717) is 0 Å². The quantitative estimate of drug-likeness (QED) is 0.159. The van der Waals surface area contributed by atoms with Crippen molar-refractivity contribution in [3.05, 3.63) is 354 Å². The van der Waals surface area contributed by atoms with Crippen LogP contribution in [0.2, 0.25) is 0 Å². The van der Waals surface area contributed by atoms with Crippen LogP contribution in [0, 0.1) is 0 Å². The van der Waals surface area contributed by atoms with Gasteiger partial charge in [0.1, 0.15) is 23.0 Å². The van der Waals surface area contributed by atoms with Gasteiger partial charge >= 0.3 is 0 Å². The molecule has 0 bridgehead atoms. The molecule has 2 aliphatic heterocycles. The molecule has 388 valence electrons. The lowest BCUT2D eigenvalue weighted by molar-refractivity contribution is 0.436. The van der Waals surface area contributed by atoms with E-state index >= 15 is 0 Å². The molecule has 0 saturated heterocycles. The fourth-order valence-corrected chi connectivity index (χ4v) is 14.6. The van der Waals surface area contributed by atoms with E-state index in [1.54, 1.807) is 0 Å². The van der Waals surface area contributed by atoms with Gasteiger partial charge in [-0.2, -0.15) is 0 Å². The third kappa shape index (κ3) is 6.92. The number of nitrogens with zero attached hydrogens (tertiary/aromatic N) is 1. The van der Waals surface area contributed by atoms with Gasteiger partial charge in [0.15, 0.2) is 0 Å². The molecule has 4 aliphatic rings. The van der Waals surface area contributed by atoms with Crippen molar-refractivity contribution in [2.24, 2.45) is 0 Å². The smallest absolute Gasteiger partial charge is 0.132 e. The molecule has 13 aromatic rings. The van der Waals surface area contributed by atoms with Gasteiger partial charge in [-0.05, 0) is 156 Å². The fraction of sp³-hybridized carbons (Fsp3) is 0.0250. The third-order valence-electron chi connectivity index (χ3n) is 18.0. The number of ether oxygens (including phenoxy) is 2. The van der Waals surface area contributed by atoms with Crippen molar-refractivity contribution in [1.82, 2.24) is 0 Å². The van der Waals surface area contributed by atoms with E-state index in [2.05, 4.69) is 314 Å². The van der Waals surface area contributed by atoms with Crippen molar-refractivity contribution in [2.75, 3.05) is 4.90 Å². The Hall–Kier alpha value is -10.7. The molecule has 0 N–H and O–H groups in total. The summed E-state index contributed by atoms with van der Waals surface area (Å²) in [6.45, 7) is 0. The van der Waals surface area contributed by atoms with E-state index in [9.17, 15) is 0 Å². The summed E-state index contributed by atoms with van der Waals surface area (Å²) in [6.07, 6.45) is 0. The van der Waals surface area contributed by atoms with Crippen molar-refractivity contribution in [3.8, 4) is 89.8 Å². The normalized spacial score (nSPS) is 13.7. The van der Waals surface area contributed by atoms with Crippen LogP contribution in [0.4, 0.5) is 17.1 Å². The Kier molecular flexibility index (Phi) is 10.4. The van der Waals surface area contributed by atoms with Crippen LogP contribution in [-0.2, 0) is 10.8 Å². The summed E-state index contributed by atoms with van der Waals surface area (Å²) >= 11 is 0. The molecular formula is C80H51NO2. The molecule has 0 amide bonds. The van der Waals surface area contributed by atoms with Crippen LogP contribution in [0.1, 0.15) is 44.5 Å². The maximum Gasteiger partial charge on any atom is 0.132 e. The minimum Gasteiger partial charge on any atom is -0.457 e. The standard InChI is InChI=1S/C80H51NO2/c1-2-19-52(20-3-1)53-39-41-54(42-40-53)55-43-46-59(47-44-55)81(60-23-16-21-56(49-60)57-45-48-64-63-25-4-6-28-66(63)80(73(64)51-57)70-32-10-14-37-76(70)83-77-38-15-11-33-71(77)80)61-24-17-22-58(50-61)62-27-18-34-72-78(62)65-26-5-7-29-67(65)79(72)68-30-8-12-35-74(68)82-75-36-13-9-31-69(75)79/h1-51H. The molecule has 83 heavy (non-hydrogen) atoms. The minimum atomic E-state index is -0.573. The molecular weight excluding hydrogens is 1010 g/mol. The molecule has 0 atom stereocenters. The Morgan fingerprint density at radius 2 is 0.566 bits per heavy atom. The van der Waals surface area contributed by atoms with Crippen LogP contribution >= 0.6 is 0 Å². The molecule has 3 heteroatoms. The minimum absolute atomic E-state index is 0.571. The summed E-state index contributed by atoms with van der Waals surface area (Å²) in [6, 6.07) is 113. The largest absolute Gasteiger partial charge is 0.457 e. The Labute approximate surface area is 483 Å². The van der Waals surface area contributed by atoms with Gasteiger partial charge < -0.3 is 14.4 Å². The second kappa shape index (κ2) is 18.4. The van der Waals surface area contributed by atoms with Crippen molar-refractivity contribution < 1.29 is 9.47 Å². The molecule has 2 spiro atoms. The van der Waals surface area contributed by atoms with E-state index in [4.69, 9.17) is 9.47 Å². The number of para-hydroxylation sites is 4. The van der Waals surface area contributed by atoms with Crippen molar-refractivity contribution in [2.45, 2.75) is 10.8 Å². The van der Waals surface area contributed by atoms with E-state index < -0.39 is 10.8 Å². The van der Waals surface area contributed by atoms with Gasteiger partial charge in [-0.3, -0.25) is 0 Å². The van der Waals surface area contributed by atoms with Gasteiger partial charge in [0, 0.05) is 39.3 Å². The van der Waals surface area contributed by atoms with Gasteiger partial charge in [0.05, 0.1) is 10.8 Å². The molecule has 0 radical (unpaired) electrons. The van der Waals surface area contributed by atoms with Crippen molar-refractivity contribution in [3.63, 3.8) is 0 Å². The predicted molar refractivity (Wildman–Crippen MR) is 338 cm³/mol. The Morgan fingerprint density at radius 3 is 1.14 bits per heavy atom. The van der Waals surface area contributed by atoms with Crippen LogP contribution in [0.3, 0.4) is 0 Å². The fourth-order valence-electron chi connectivity index (χ4n) is 14.6. The molecule has 0 saturated carbocycles. The number of fused-ring (bicyclic) bond motifs is 18. The first-order valence-corrected chi connectivity index (χ1v) is 28.6. The predicted octanol–water partition coefficient (Wildman–Crippen LogP) is 20.8. The summed E-state index contributed by atoms with van der Waals surface area (Å²) in [5.41, 5.74) is 26.0. The molecule has 2 aliphatic carbocycles. The first-order chi connectivity index (χ1) is 41.1. The zero-order valence-electron chi connectivity index (χ0n) is 45.2. The zero-order valence-corrected chi connectivity index (χ0v) is 45.2. The average molecular weight is 1060 g/mol. The second-order valence-electron chi connectivity index (χ2n) is 22.2. The van der Waals surface area contributed by atoms with Crippen LogP contribution in [-0.4, -0.2) is 0 Å². The lowest BCUT2D eigenvalue weighted by atomic mass is 9.66. The summed E-state index contributed by atoms with van der Waals surface area (Å²) in [5, 5.41) is 0. The highest BCUT2D eigenvalue weighted by Crippen LogP contribution is 2.65. The maximum absolute atomic E-state index is 6.70. The highest BCUT2D eigenvalue weighted by molar-refractivity contribution is 5.98. The number of hydrogen-bond donors (Lipinski definition) is 0. The molecule has 17 rings (SSSR count). The first-order valence-electron chi connectivity index (χ1n) is 28.6. The summed E-state index contributed by atoms with van der Waals surface area (Å²) in [5.74, 6) is 3.55. The van der Waals surface area contributed by atoms with Crippen LogP contribution in [0.25, 0.3) is 66.8 Å². The van der Waals surface area contributed by atoms with E-state index in [-0.39, 0.29) is 0 Å². The Bertz CT molecular complexity index is 4660. The number of benzene rings is 13. The Balaban J connectivity index is 0.825. The molecule has 13 aromatic carbocycles. The summed E-state index contributed by atoms with van der Waals surface area (Å²) in [4.78, 5) is 2.43. The molecule has 0 fully saturated rings. The van der Waals surface area contributed by atoms with Crippen molar-refractivity contribution in [1.29, 1.82) is 0 Å². The molecule has 3 nitrogen and oxygen atoms in total. The molecule has 0 unspecified atom stereocenters. The van der Waals surface area contributed by atoms with Gasteiger partial charge in [-0.1, -0.05) is 243 Å². The number of anilines is 3. The van der Waals surface area contributed by atoms with Crippen LogP contribution < -0.4 is 14.4 Å². The van der Waals surface area contributed by atoms with Crippen LogP contribution in [0.5, 0.6) is 23.0 Å². The van der Waals surface area contributed by atoms with Gasteiger partial charge in [0.2, 0.25) is 0 Å². The topological polar surface area (TPSA) is 21.7 Å². The lowest BCUT2D eigenvalue weighted by Gasteiger charge is -2.39. The summed E-state index contributed by atoms with van der Waals surface area (Å²) in [7, 11) is 0. The van der Waals surface area contributed by atoms with Gasteiger partial charge in [0.25, 0.3) is 0 Å². The highest BCUT2D eigenvalue weighted by Gasteiger charge is 2.53.